The molecule has 0 spiro atoms. The number of nitrogens with one attached hydrogen (secondary N) is 2. The molecule has 1 aliphatic rings. The van der Waals surface area contributed by atoms with Crippen molar-refractivity contribution in [3.05, 3.63) is 29.8 Å². The van der Waals surface area contributed by atoms with Gasteiger partial charge in [-0.25, -0.2) is 0 Å². The molecule has 0 aliphatic carbocycles. The monoisotopic (exact) mass is 247 g/mol. The second kappa shape index (κ2) is 5.98. The zero-order valence-corrected chi connectivity index (χ0v) is 11.1. The van der Waals surface area contributed by atoms with E-state index in [-0.39, 0.29) is 5.91 Å². The summed E-state index contributed by atoms with van der Waals surface area (Å²) in [6.07, 6.45) is 0. The Bertz CT molecular complexity index is 419. The van der Waals surface area contributed by atoms with Crippen molar-refractivity contribution in [2.24, 2.45) is 0 Å². The third-order valence-electron chi connectivity index (χ3n) is 3.29. The van der Waals surface area contributed by atoms with Crippen molar-refractivity contribution in [1.29, 1.82) is 0 Å². The number of nitrogens with zero attached hydrogens (tertiary/aromatic N) is 1. The fraction of sp³-hybridized carbons (Fsp3) is 0.500. The minimum absolute atomic E-state index is 0.0642. The lowest BCUT2D eigenvalue weighted by Gasteiger charge is -2.33. The Balaban J connectivity index is 1.88. The van der Waals surface area contributed by atoms with Crippen LogP contribution in [0.3, 0.4) is 0 Å². The number of rotatable bonds is 3. The lowest BCUT2D eigenvalue weighted by molar-refractivity contribution is -0.118. The van der Waals surface area contributed by atoms with Crippen LogP contribution in [0, 0.1) is 6.92 Å². The normalized spacial score (nSPS) is 20.7. The van der Waals surface area contributed by atoms with Crippen LogP contribution in [-0.4, -0.2) is 43.0 Å². The van der Waals surface area contributed by atoms with E-state index in [1.807, 2.05) is 31.2 Å². The van der Waals surface area contributed by atoms with Crippen LogP contribution in [0.25, 0.3) is 0 Å². The van der Waals surface area contributed by atoms with Crippen LogP contribution in [0.5, 0.6) is 0 Å². The van der Waals surface area contributed by atoms with Gasteiger partial charge in [-0.1, -0.05) is 12.1 Å². The Kier molecular flexibility index (Phi) is 4.33. The van der Waals surface area contributed by atoms with Crippen LogP contribution in [0.1, 0.15) is 12.5 Å². The molecule has 0 saturated carbocycles. The van der Waals surface area contributed by atoms with E-state index in [0.717, 1.165) is 30.9 Å². The molecule has 1 heterocycles. The first kappa shape index (κ1) is 13.1. The second-order valence-corrected chi connectivity index (χ2v) is 4.94. The Morgan fingerprint density at radius 3 is 3.11 bits per heavy atom. The van der Waals surface area contributed by atoms with Crippen molar-refractivity contribution in [1.82, 2.24) is 10.2 Å². The molecule has 0 radical (unpaired) electrons. The van der Waals surface area contributed by atoms with Crippen LogP contribution in [-0.2, 0) is 4.79 Å². The van der Waals surface area contributed by atoms with Crippen LogP contribution >= 0.6 is 0 Å². The summed E-state index contributed by atoms with van der Waals surface area (Å²) >= 11 is 0. The van der Waals surface area contributed by atoms with Gasteiger partial charge in [0.2, 0.25) is 5.91 Å². The van der Waals surface area contributed by atoms with E-state index in [1.165, 1.54) is 0 Å². The highest BCUT2D eigenvalue weighted by Crippen LogP contribution is 2.10. The highest BCUT2D eigenvalue weighted by Gasteiger charge is 2.20. The molecule has 1 atom stereocenters. The number of carbonyl (C=O) groups excluding carboxylic acids is 1. The number of hydrogen-bond acceptors (Lipinski definition) is 3. The largest absolute Gasteiger partial charge is 0.325 e. The molecular formula is C14H21N3O. The predicted octanol–water partition coefficient (Wildman–Crippen LogP) is 1.23. The van der Waals surface area contributed by atoms with Gasteiger partial charge in [0.1, 0.15) is 0 Å². The maximum Gasteiger partial charge on any atom is 0.238 e. The molecular weight excluding hydrogens is 226 g/mol. The third-order valence-corrected chi connectivity index (χ3v) is 3.29. The minimum Gasteiger partial charge on any atom is -0.325 e. The van der Waals surface area contributed by atoms with Crippen LogP contribution in [0.2, 0.25) is 0 Å². The quantitative estimate of drug-likeness (QED) is 0.844. The molecule has 1 saturated heterocycles. The molecule has 1 amide bonds. The number of aryl methyl sites for hydroxylation is 1. The van der Waals surface area contributed by atoms with Crippen molar-refractivity contribution in [3.63, 3.8) is 0 Å². The average molecular weight is 247 g/mol. The summed E-state index contributed by atoms with van der Waals surface area (Å²) in [5, 5.41) is 6.27. The summed E-state index contributed by atoms with van der Waals surface area (Å²) in [4.78, 5) is 14.2. The topological polar surface area (TPSA) is 44.4 Å². The first-order chi connectivity index (χ1) is 8.65. The summed E-state index contributed by atoms with van der Waals surface area (Å²) in [6, 6.07) is 8.31. The number of carbonyl (C=O) groups is 1. The van der Waals surface area contributed by atoms with E-state index in [4.69, 9.17) is 0 Å². The molecule has 1 fully saturated rings. The van der Waals surface area contributed by atoms with Gasteiger partial charge in [-0.15, -0.1) is 0 Å². The van der Waals surface area contributed by atoms with Crippen molar-refractivity contribution in [3.8, 4) is 0 Å². The van der Waals surface area contributed by atoms with E-state index >= 15 is 0 Å². The van der Waals surface area contributed by atoms with Gasteiger partial charge in [-0.2, -0.15) is 0 Å². The fourth-order valence-electron chi connectivity index (χ4n) is 2.23. The molecule has 2 N–H and O–H groups in total. The molecule has 0 aromatic heterocycles. The number of benzene rings is 1. The number of hydrogen-bond donors (Lipinski definition) is 2. The number of piperazine rings is 1. The SMILES string of the molecule is Cc1cccc(NC(=O)CN2CCNCC2C)c1. The van der Waals surface area contributed by atoms with Gasteiger partial charge in [0.15, 0.2) is 0 Å². The molecule has 98 valence electrons. The Morgan fingerprint density at radius 2 is 2.39 bits per heavy atom. The van der Waals surface area contributed by atoms with E-state index in [1.54, 1.807) is 0 Å². The van der Waals surface area contributed by atoms with Crippen molar-refractivity contribution in [2.75, 3.05) is 31.5 Å². The summed E-state index contributed by atoms with van der Waals surface area (Å²) in [5.41, 5.74) is 2.03. The van der Waals surface area contributed by atoms with Crippen LogP contribution < -0.4 is 10.6 Å². The summed E-state index contributed by atoms with van der Waals surface area (Å²) in [5.74, 6) is 0.0642. The van der Waals surface area contributed by atoms with E-state index < -0.39 is 0 Å². The minimum atomic E-state index is 0.0642. The molecule has 4 nitrogen and oxygen atoms in total. The van der Waals surface area contributed by atoms with Gasteiger partial charge in [-0.05, 0) is 31.5 Å². The van der Waals surface area contributed by atoms with E-state index in [0.29, 0.717) is 12.6 Å². The van der Waals surface area contributed by atoms with Gasteiger partial charge in [0.25, 0.3) is 0 Å². The maximum atomic E-state index is 12.0. The second-order valence-electron chi connectivity index (χ2n) is 4.94. The van der Waals surface area contributed by atoms with Crippen molar-refractivity contribution >= 4 is 11.6 Å². The first-order valence-corrected chi connectivity index (χ1v) is 6.46. The van der Waals surface area contributed by atoms with E-state index in [2.05, 4.69) is 22.5 Å². The van der Waals surface area contributed by atoms with Gasteiger partial charge in [-0.3, -0.25) is 9.69 Å². The maximum absolute atomic E-state index is 12.0. The lowest BCUT2D eigenvalue weighted by Crippen LogP contribution is -2.51. The zero-order chi connectivity index (χ0) is 13.0. The Morgan fingerprint density at radius 1 is 1.56 bits per heavy atom. The Hall–Kier alpha value is -1.39. The van der Waals surface area contributed by atoms with Crippen LogP contribution in [0.4, 0.5) is 5.69 Å². The standard InChI is InChI=1S/C14H21N3O/c1-11-4-3-5-13(8-11)16-14(18)10-17-7-6-15-9-12(17)2/h3-5,8,12,15H,6-7,9-10H2,1-2H3,(H,16,18). The summed E-state index contributed by atoms with van der Waals surface area (Å²) < 4.78 is 0. The number of anilines is 1. The Labute approximate surface area is 108 Å². The molecule has 4 heteroatoms. The summed E-state index contributed by atoms with van der Waals surface area (Å²) in [6.45, 7) is 7.49. The molecule has 18 heavy (non-hydrogen) atoms. The average Bonchev–Trinajstić information content (AvgIpc) is 2.32. The van der Waals surface area contributed by atoms with Crippen molar-refractivity contribution in [2.45, 2.75) is 19.9 Å². The van der Waals surface area contributed by atoms with Gasteiger partial charge in [0, 0.05) is 31.4 Å². The van der Waals surface area contributed by atoms with Gasteiger partial charge in [0.05, 0.1) is 6.54 Å². The third kappa shape index (κ3) is 3.55. The number of amides is 1. The predicted molar refractivity (Wildman–Crippen MR) is 73.7 cm³/mol. The molecule has 2 rings (SSSR count). The highest BCUT2D eigenvalue weighted by molar-refractivity contribution is 5.92. The summed E-state index contributed by atoms with van der Waals surface area (Å²) in [7, 11) is 0. The van der Waals surface area contributed by atoms with Gasteiger partial charge < -0.3 is 10.6 Å². The highest BCUT2D eigenvalue weighted by atomic mass is 16.2. The first-order valence-electron chi connectivity index (χ1n) is 6.46. The van der Waals surface area contributed by atoms with Crippen LogP contribution in [0.15, 0.2) is 24.3 Å². The van der Waals surface area contributed by atoms with Crippen molar-refractivity contribution < 1.29 is 4.79 Å². The van der Waals surface area contributed by atoms with E-state index in [9.17, 15) is 4.79 Å². The zero-order valence-electron chi connectivity index (χ0n) is 11.1. The molecule has 1 aromatic rings. The lowest BCUT2D eigenvalue weighted by atomic mass is 10.2. The molecule has 1 aliphatic heterocycles. The molecule has 0 bridgehead atoms. The molecule has 1 unspecified atom stereocenters. The molecule has 1 aromatic carbocycles. The fourth-order valence-corrected chi connectivity index (χ4v) is 2.23. The van der Waals surface area contributed by atoms with Gasteiger partial charge >= 0.3 is 0 Å². The smallest absolute Gasteiger partial charge is 0.238 e.